The second-order valence-electron chi connectivity index (χ2n) is 9.85. The van der Waals surface area contributed by atoms with Crippen molar-refractivity contribution in [2.75, 3.05) is 32.6 Å². The van der Waals surface area contributed by atoms with Gasteiger partial charge in [0.15, 0.2) is 11.5 Å². The van der Waals surface area contributed by atoms with Crippen molar-refractivity contribution in [3.8, 4) is 22.8 Å². The van der Waals surface area contributed by atoms with Crippen LogP contribution in [0.2, 0.25) is 0 Å². The van der Waals surface area contributed by atoms with Crippen LogP contribution in [0.5, 0.6) is 11.5 Å². The molecule has 1 fully saturated rings. The lowest BCUT2D eigenvalue weighted by Crippen LogP contribution is -2.45. The summed E-state index contributed by atoms with van der Waals surface area (Å²) in [5, 5.41) is 14.3. The molecule has 0 radical (unpaired) electrons. The van der Waals surface area contributed by atoms with Gasteiger partial charge in [0.2, 0.25) is 0 Å². The molecule has 0 aliphatic carbocycles. The number of hydrogen-bond acceptors (Lipinski definition) is 6. The van der Waals surface area contributed by atoms with E-state index < -0.39 is 12.5 Å². The molecule has 0 spiro atoms. The first-order valence-electron chi connectivity index (χ1n) is 12.9. The van der Waals surface area contributed by atoms with Crippen molar-refractivity contribution in [1.29, 1.82) is 0 Å². The Morgan fingerprint density at radius 2 is 1.95 bits per heavy atom. The van der Waals surface area contributed by atoms with Crippen LogP contribution in [0.4, 0.5) is 14.6 Å². The Morgan fingerprint density at radius 3 is 2.63 bits per heavy atom. The number of halogens is 2. The molecule has 0 bridgehead atoms. The topological polar surface area (TPSA) is 89.4 Å². The van der Waals surface area contributed by atoms with E-state index in [0.29, 0.717) is 28.6 Å². The highest BCUT2D eigenvalue weighted by atomic mass is 19.3. The van der Waals surface area contributed by atoms with E-state index in [2.05, 4.69) is 21.0 Å². The highest BCUT2D eigenvalue weighted by molar-refractivity contribution is 5.95. The molecule has 5 rings (SSSR count). The first-order valence-corrected chi connectivity index (χ1v) is 12.9. The van der Waals surface area contributed by atoms with Crippen LogP contribution in [0, 0.1) is 6.92 Å². The minimum atomic E-state index is -2.59. The average Bonchev–Trinajstić information content (AvgIpc) is 3.36. The third-order valence-corrected chi connectivity index (χ3v) is 7.35. The highest BCUT2D eigenvalue weighted by Gasteiger charge is 2.35. The number of anilines is 1. The average molecular weight is 526 g/mol. The number of ether oxygens (including phenoxy) is 2. The molecule has 2 aromatic carbocycles. The normalized spacial score (nSPS) is 20.9. The predicted molar refractivity (Wildman–Crippen MR) is 141 cm³/mol. The maximum absolute atomic E-state index is 14.2. The van der Waals surface area contributed by atoms with Crippen LogP contribution in [-0.2, 0) is 0 Å². The maximum atomic E-state index is 14.2. The van der Waals surface area contributed by atoms with Crippen LogP contribution in [0.15, 0.2) is 42.5 Å². The Kier molecular flexibility index (Phi) is 7.51. The summed E-state index contributed by atoms with van der Waals surface area (Å²) < 4.78 is 40.5. The van der Waals surface area contributed by atoms with E-state index in [-0.39, 0.29) is 24.4 Å². The van der Waals surface area contributed by atoms with Crippen LogP contribution in [0.25, 0.3) is 11.3 Å². The smallest absolute Gasteiger partial charge is 0.260 e. The second kappa shape index (κ2) is 11.0. The predicted octanol–water partition coefficient (Wildman–Crippen LogP) is 4.72. The number of rotatable bonds is 7. The first kappa shape index (κ1) is 26.0. The van der Waals surface area contributed by atoms with Crippen molar-refractivity contribution in [3.63, 3.8) is 0 Å². The number of benzene rings is 2. The molecule has 2 aliphatic rings. The maximum Gasteiger partial charge on any atom is 0.260 e. The molecule has 38 heavy (non-hydrogen) atoms. The van der Waals surface area contributed by atoms with E-state index >= 15 is 0 Å². The van der Waals surface area contributed by atoms with E-state index in [1.165, 1.54) is 4.68 Å². The van der Waals surface area contributed by atoms with E-state index in [4.69, 9.17) is 9.47 Å². The fourth-order valence-electron chi connectivity index (χ4n) is 5.30. The lowest BCUT2D eigenvalue weighted by atomic mass is 9.97. The molecule has 8 nitrogen and oxygen atoms in total. The number of nitrogens with zero attached hydrogens (tertiary/aromatic N) is 2. The Labute approximate surface area is 220 Å². The summed E-state index contributed by atoms with van der Waals surface area (Å²) in [6.45, 7) is 3.65. The number of methoxy groups -OCH3 is 2. The Balaban J connectivity index is 1.40. The molecular formula is C28H33F2N5O3. The number of carbonyl (C=O) groups excluding carboxylic acids is 1. The molecule has 3 heterocycles. The van der Waals surface area contributed by atoms with Crippen molar-refractivity contribution >= 4 is 11.7 Å². The van der Waals surface area contributed by atoms with Crippen LogP contribution in [0.1, 0.15) is 52.8 Å². The molecule has 3 unspecified atom stereocenters. The second-order valence-corrected chi connectivity index (χ2v) is 9.85. The number of aromatic nitrogens is 2. The van der Waals surface area contributed by atoms with Gasteiger partial charge in [-0.1, -0.05) is 12.1 Å². The van der Waals surface area contributed by atoms with E-state index in [0.717, 1.165) is 42.6 Å². The molecular weight excluding hydrogens is 492 g/mol. The molecule has 2 aliphatic heterocycles. The third kappa shape index (κ3) is 5.18. The van der Waals surface area contributed by atoms with Crippen molar-refractivity contribution < 1.29 is 23.0 Å². The summed E-state index contributed by atoms with van der Waals surface area (Å²) in [4.78, 5) is 12.8. The van der Waals surface area contributed by atoms with Crippen LogP contribution in [-0.4, -0.2) is 55.5 Å². The summed E-state index contributed by atoms with van der Waals surface area (Å²) in [7, 11) is 3.10. The van der Waals surface area contributed by atoms with Gasteiger partial charge in [0.25, 0.3) is 12.3 Å². The quantitative estimate of drug-likeness (QED) is 0.414. The number of carbonyl (C=O) groups is 1. The molecule has 1 saturated heterocycles. The molecule has 3 aromatic rings. The van der Waals surface area contributed by atoms with Gasteiger partial charge in [-0.2, -0.15) is 5.10 Å². The summed E-state index contributed by atoms with van der Waals surface area (Å²) in [5.41, 5.74) is 3.60. The Bertz CT molecular complexity index is 1310. The van der Waals surface area contributed by atoms with Gasteiger partial charge >= 0.3 is 0 Å². The van der Waals surface area contributed by atoms with Crippen LogP contribution >= 0.6 is 0 Å². The molecule has 0 saturated carbocycles. The van der Waals surface area contributed by atoms with Crippen molar-refractivity contribution in [2.24, 2.45) is 0 Å². The monoisotopic (exact) mass is 525 g/mol. The first-order chi connectivity index (χ1) is 18.4. The fourth-order valence-corrected chi connectivity index (χ4v) is 5.30. The fraction of sp³-hybridized carbons (Fsp3) is 0.429. The van der Waals surface area contributed by atoms with Crippen molar-refractivity contribution in [1.82, 2.24) is 20.4 Å². The zero-order valence-corrected chi connectivity index (χ0v) is 21.8. The van der Waals surface area contributed by atoms with Crippen LogP contribution < -0.4 is 25.4 Å². The molecule has 3 atom stereocenters. The van der Waals surface area contributed by atoms with Crippen molar-refractivity contribution in [3.05, 3.63) is 59.2 Å². The summed E-state index contributed by atoms with van der Waals surface area (Å²) in [5.74, 6) is 1.52. The largest absolute Gasteiger partial charge is 0.493 e. The number of amides is 1. The van der Waals surface area contributed by atoms with E-state index in [9.17, 15) is 13.6 Å². The Morgan fingerprint density at radius 1 is 1.13 bits per heavy atom. The molecule has 1 amide bonds. The number of piperidine rings is 1. The lowest BCUT2D eigenvalue weighted by molar-refractivity contribution is 0.0659. The van der Waals surface area contributed by atoms with Gasteiger partial charge in [-0.25, -0.2) is 13.5 Å². The number of hydrogen-bond donors (Lipinski definition) is 3. The number of alkyl halides is 2. The van der Waals surface area contributed by atoms with Gasteiger partial charge in [-0.3, -0.25) is 4.79 Å². The van der Waals surface area contributed by atoms with Crippen LogP contribution in [0.3, 0.4) is 0 Å². The zero-order chi connectivity index (χ0) is 26.8. The third-order valence-electron chi connectivity index (χ3n) is 7.35. The van der Waals surface area contributed by atoms with Gasteiger partial charge in [0, 0.05) is 29.8 Å². The number of aryl methyl sites for hydroxylation is 1. The number of nitrogens with one attached hydrogen (secondary N) is 3. The Hall–Kier alpha value is -3.66. The minimum Gasteiger partial charge on any atom is -0.493 e. The molecule has 1 aromatic heterocycles. The highest BCUT2D eigenvalue weighted by Crippen LogP contribution is 2.41. The zero-order valence-electron chi connectivity index (χ0n) is 21.8. The summed E-state index contributed by atoms with van der Waals surface area (Å²) in [6, 6.07) is 11.3. The number of fused-ring (bicyclic) bond motifs is 1. The minimum absolute atomic E-state index is 0.116. The van der Waals surface area contributed by atoms with Gasteiger partial charge in [-0.15, -0.1) is 0 Å². The lowest BCUT2D eigenvalue weighted by Gasteiger charge is -2.32. The van der Waals surface area contributed by atoms with Gasteiger partial charge in [-0.05, 0) is 68.1 Å². The van der Waals surface area contributed by atoms with Gasteiger partial charge in [0.05, 0.1) is 26.0 Å². The summed E-state index contributed by atoms with van der Waals surface area (Å²) >= 11 is 0. The molecule has 3 N–H and O–H groups in total. The SMILES string of the molecule is COc1ccc(C2CC(C(F)F)n3nc(-c4ccc(C(=O)NC5CCCNC5)cc4C)cc3N2)cc1OC. The van der Waals surface area contributed by atoms with E-state index in [1.807, 2.05) is 31.2 Å². The van der Waals surface area contributed by atoms with Gasteiger partial charge < -0.3 is 25.4 Å². The molecule has 202 valence electrons. The van der Waals surface area contributed by atoms with E-state index in [1.54, 1.807) is 32.4 Å². The summed E-state index contributed by atoms with van der Waals surface area (Å²) in [6.07, 6.45) is -0.435. The molecule has 10 heteroatoms. The standard InChI is InChI=1S/C28H33F2N5O3/c1-16-11-18(28(36)32-19-5-4-10-31-15-19)6-8-20(16)22-14-26-33-21(13-23(27(29)30)35(26)34-22)17-7-9-24(37-2)25(12-17)38-3/h6-9,11-12,14,19,21,23,27,31,33H,4-5,10,13,15H2,1-3H3,(H,32,36). The van der Waals surface area contributed by atoms with Crippen molar-refractivity contribution in [2.45, 2.75) is 50.7 Å². The van der Waals surface area contributed by atoms with Gasteiger partial charge in [0.1, 0.15) is 11.9 Å².